The van der Waals surface area contributed by atoms with Gasteiger partial charge in [0, 0.05) is 24.4 Å². The molecular weight excluding hydrogens is 338 g/mol. The highest BCUT2D eigenvalue weighted by molar-refractivity contribution is 5.58. The maximum atomic E-state index is 13.3. The molecule has 0 fully saturated rings. The molecule has 5 nitrogen and oxygen atoms in total. The van der Waals surface area contributed by atoms with Gasteiger partial charge in [-0.1, -0.05) is 18.2 Å². The molecule has 0 aliphatic heterocycles. The second-order valence-corrected chi connectivity index (χ2v) is 5.53. The molecule has 1 aromatic heterocycles. The third-order valence-electron chi connectivity index (χ3n) is 3.75. The molecule has 0 spiro atoms. The van der Waals surface area contributed by atoms with Crippen molar-refractivity contribution in [2.45, 2.75) is 6.42 Å². The predicted octanol–water partition coefficient (Wildman–Crippen LogP) is 4.16. The molecule has 2 N–H and O–H groups in total. The molecule has 26 heavy (non-hydrogen) atoms. The molecule has 0 unspecified atom stereocenters. The number of para-hydroxylation sites is 1. The maximum Gasteiger partial charge on any atom is 0.160 e. The van der Waals surface area contributed by atoms with Gasteiger partial charge in [0.1, 0.15) is 23.7 Å². The minimum atomic E-state index is -0.917. The number of aromatic nitrogens is 2. The number of methoxy groups -OCH3 is 1. The van der Waals surface area contributed by atoms with Crippen LogP contribution >= 0.6 is 0 Å². The minimum Gasteiger partial charge on any atom is -0.496 e. The molecule has 3 rings (SSSR count). The lowest BCUT2D eigenvalue weighted by Crippen LogP contribution is -2.08. The fourth-order valence-corrected chi connectivity index (χ4v) is 2.48. The van der Waals surface area contributed by atoms with Crippen molar-refractivity contribution in [1.29, 1.82) is 0 Å². The Balaban J connectivity index is 1.61. The van der Waals surface area contributed by atoms with Crippen molar-refractivity contribution < 1.29 is 13.5 Å². The van der Waals surface area contributed by atoms with Crippen molar-refractivity contribution in [3.8, 4) is 5.75 Å². The fraction of sp³-hybridized carbons (Fsp3) is 0.158. The van der Waals surface area contributed by atoms with Crippen LogP contribution in [0, 0.1) is 11.6 Å². The first-order valence-corrected chi connectivity index (χ1v) is 8.05. The van der Waals surface area contributed by atoms with E-state index in [9.17, 15) is 8.78 Å². The monoisotopic (exact) mass is 356 g/mol. The van der Waals surface area contributed by atoms with E-state index in [1.165, 1.54) is 12.4 Å². The lowest BCUT2D eigenvalue weighted by atomic mass is 10.1. The van der Waals surface area contributed by atoms with E-state index in [0.717, 1.165) is 29.9 Å². The Morgan fingerprint density at radius 3 is 2.58 bits per heavy atom. The Labute approximate surface area is 150 Å². The van der Waals surface area contributed by atoms with Crippen LogP contribution in [0.3, 0.4) is 0 Å². The van der Waals surface area contributed by atoms with Gasteiger partial charge in [-0.25, -0.2) is 18.7 Å². The molecule has 0 atom stereocenters. The van der Waals surface area contributed by atoms with Crippen LogP contribution < -0.4 is 15.4 Å². The van der Waals surface area contributed by atoms with Gasteiger partial charge in [-0.15, -0.1) is 0 Å². The van der Waals surface area contributed by atoms with Gasteiger partial charge in [0.05, 0.1) is 7.11 Å². The van der Waals surface area contributed by atoms with Gasteiger partial charge < -0.3 is 15.4 Å². The molecule has 0 aliphatic rings. The van der Waals surface area contributed by atoms with Crippen LogP contribution in [0.25, 0.3) is 0 Å². The SMILES string of the molecule is COc1ccccc1CCNc1cc(Nc2ccc(F)c(F)c2)ncn1. The largest absolute Gasteiger partial charge is 0.496 e. The summed E-state index contributed by atoms with van der Waals surface area (Å²) in [5, 5.41) is 6.13. The van der Waals surface area contributed by atoms with Crippen LogP contribution in [-0.4, -0.2) is 23.6 Å². The standard InChI is InChI=1S/C19H18F2N4O/c1-26-17-5-3-2-4-13(17)8-9-22-18-11-19(24-12-23-18)25-14-6-7-15(20)16(21)10-14/h2-7,10-12H,8-9H2,1H3,(H2,22,23,24,25). The van der Waals surface area contributed by atoms with Crippen LogP contribution in [0.15, 0.2) is 54.9 Å². The van der Waals surface area contributed by atoms with Crippen LogP contribution in [0.5, 0.6) is 5.75 Å². The molecule has 0 radical (unpaired) electrons. The Hall–Kier alpha value is -3.22. The van der Waals surface area contributed by atoms with Crippen molar-refractivity contribution in [1.82, 2.24) is 9.97 Å². The molecule has 0 saturated heterocycles. The summed E-state index contributed by atoms with van der Waals surface area (Å²) in [6, 6.07) is 13.1. The molecule has 2 aromatic carbocycles. The van der Waals surface area contributed by atoms with E-state index in [-0.39, 0.29) is 0 Å². The number of nitrogens with zero attached hydrogens (tertiary/aromatic N) is 2. The summed E-state index contributed by atoms with van der Waals surface area (Å²) in [5.74, 6) is 0.139. The third kappa shape index (κ3) is 4.44. The Morgan fingerprint density at radius 2 is 1.77 bits per heavy atom. The van der Waals surface area contributed by atoms with E-state index in [4.69, 9.17) is 4.74 Å². The maximum absolute atomic E-state index is 13.3. The van der Waals surface area contributed by atoms with Gasteiger partial charge in [0.2, 0.25) is 0 Å². The van der Waals surface area contributed by atoms with Crippen molar-refractivity contribution in [3.63, 3.8) is 0 Å². The minimum absolute atomic E-state index is 0.405. The summed E-state index contributed by atoms with van der Waals surface area (Å²) in [6.07, 6.45) is 2.16. The zero-order chi connectivity index (χ0) is 18.4. The van der Waals surface area contributed by atoms with E-state index >= 15 is 0 Å². The smallest absolute Gasteiger partial charge is 0.160 e. The highest BCUT2D eigenvalue weighted by atomic mass is 19.2. The van der Waals surface area contributed by atoms with Gasteiger partial charge in [-0.3, -0.25) is 0 Å². The van der Waals surface area contributed by atoms with Crippen LogP contribution in [0.2, 0.25) is 0 Å². The summed E-state index contributed by atoms with van der Waals surface area (Å²) < 4.78 is 31.6. The summed E-state index contributed by atoms with van der Waals surface area (Å²) in [5.41, 5.74) is 1.50. The lowest BCUT2D eigenvalue weighted by molar-refractivity contribution is 0.410. The van der Waals surface area contributed by atoms with E-state index in [1.807, 2.05) is 24.3 Å². The van der Waals surface area contributed by atoms with Crippen LogP contribution in [-0.2, 0) is 6.42 Å². The third-order valence-corrected chi connectivity index (χ3v) is 3.75. The quantitative estimate of drug-likeness (QED) is 0.666. The summed E-state index contributed by atoms with van der Waals surface area (Å²) in [6.45, 7) is 0.655. The van der Waals surface area contributed by atoms with Crippen LogP contribution in [0.4, 0.5) is 26.1 Å². The van der Waals surface area contributed by atoms with E-state index in [0.29, 0.717) is 23.9 Å². The molecule has 3 aromatic rings. The Morgan fingerprint density at radius 1 is 0.962 bits per heavy atom. The summed E-state index contributed by atoms with van der Waals surface area (Å²) >= 11 is 0. The number of anilines is 3. The lowest BCUT2D eigenvalue weighted by Gasteiger charge is -2.10. The number of ether oxygens (including phenoxy) is 1. The second-order valence-electron chi connectivity index (χ2n) is 5.53. The second kappa shape index (κ2) is 8.24. The zero-order valence-corrected chi connectivity index (χ0v) is 14.2. The first-order chi connectivity index (χ1) is 12.7. The molecule has 0 aliphatic carbocycles. The van der Waals surface area contributed by atoms with Gasteiger partial charge in [0.15, 0.2) is 11.6 Å². The highest BCUT2D eigenvalue weighted by Crippen LogP contribution is 2.20. The summed E-state index contributed by atoms with van der Waals surface area (Å²) in [4.78, 5) is 8.24. The average molecular weight is 356 g/mol. The van der Waals surface area contributed by atoms with Gasteiger partial charge >= 0.3 is 0 Å². The van der Waals surface area contributed by atoms with Gasteiger partial charge in [0.25, 0.3) is 0 Å². The first kappa shape index (κ1) is 17.6. The number of hydrogen-bond donors (Lipinski definition) is 2. The highest BCUT2D eigenvalue weighted by Gasteiger charge is 2.05. The van der Waals surface area contributed by atoms with Crippen molar-refractivity contribution >= 4 is 17.3 Å². The number of halogens is 2. The normalized spacial score (nSPS) is 10.4. The number of nitrogens with one attached hydrogen (secondary N) is 2. The predicted molar refractivity (Wildman–Crippen MR) is 96.9 cm³/mol. The van der Waals surface area contributed by atoms with Crippen molar-refractivity contribution in [2.75, 3.05) is 24.3 Å². The molecule has 1 heterocycles. The van der Waals surface area contributed by atoms with E-state index in [1.54, 1.807) is 13.2 Å². The molecular formula is C19H18F2N4O. The fourth-order valence-electron chi connectivity index (χ4n) is 2.48. The van der Waals surface area contributed by atoms with Crippen molar-refractivity contribution in [3.05, 3.63) is 72.1 Å². The molecule has 0 saturated carbocycles. The molecule has 134 valence electrons. The van der Waals surface area contributed by atoms with Crippen molar-refractivity contribution in [2.24, 2.45) is 0 Å². The first-order valence-electron chi connectivity index (χ1n) is 8.05. The number of benzene rings is 2. The van der Waals surface area contributed by atoms with Gasteiger partial charge in [-0.05, 0) is 30.2 Å². The molecule has 0 amide bonds. The Bertz CT molecular complexity index is 889. The molecule has 0 bridgehead atoms. The van der Waals surface area contributed by atoms with Gasteiger partial charge in [-0.2, -0.15) is 0 Å². The topological polar surface area (TPSA) is 59.1 Å². The summed E-state index contributed by atoms with van der Waals surface area (Å²) in [7, 11) is 1.65. The Kier molecular flexibility index (Phi) is 5.58. The number of rotatable bonds is 7. The van der Waals surface area contributed by atoms with E-state index in [2.05, 4.69) is 20.6 Å². The van der Waals surface area contributed by atoms with E-state index < -0.39 is 11.6 Å². The number of hydrogen-bond acceptors (Lipinski definition) is 5. The molecule has 7 heteroatoms. The average Bonchev–Trinajstić information content (AvgIpc) is 2.65. The zero-order valence-electron chi connectivity index (χ0n) is 14.2. The van der Waals surface area contributed by atoms with Crippen LogP contribution in [0.1, 0.15) is 5.56 Å².